The summed E-state index contributed by atoms with van der Waals surface area (Å²) in [5.41, 5.74) is 6.85. The zero-order valence-corrected chi connectivity index (χ0v) is 19.3. The number of imidazole rings is 1. The van der Waals surface area contributed by atoms with Crippen molar-refractivity contribution in [1.82, 2.24) is 24.8 Å². The van der Waals surface area contributed by atoms with Gasteiger partial charge in [-0.2, -0.15) is 0 Å². The van der Waals surface area contributed by atoms with E-state index in [1.165, 1.54) is 23.2 Å². The van der Waals surface area contributed by atoms with E-state index in [1.54, 1.807) is 0 Å². The number of H-pyrrole nitrogens is 1. The second-order valence-electron chi connectivity index (χ2n) is 8.90. The molecular formula is C27H30N6. The molecule has 0 amide bonds. The number of hydrogen-bond donors (Lipinski definition) is 1. The molecule has 2 heterocycles. The van der Waals surface area contributed by atoms with Gasteiger partial charge in [0, 0.05) is 26.8 Å². The van der Waals surface area contributed by atoms with Crippen molar-refractivity contribution < 1.29 is 0 Å². The molecule has 0 saturated carbocycles. The third kappa shape index (κ3) is 4.81. The number of aromatic amines is 1. The summed E-state index contributed by atoms with van der Waals surface area (Å²) in [6, 6.07) is 21.1. The quantitative estimate of drug-likeness (QED) is 0.316. The molecule has 0 fully saturated rings. The average Bonchev–Trinajstić information content (AvgIpc) is 3.25. The summed E-state index contributed by atoms with van der Waals surface area (Å²) >= 11 is 0. The van der Waals surface area contributed by atoms with E-state index in [4.69, 9.17) is 15.0 Å². The van der Waals surface area contributed by atoms with Crippen LogP contribution in [0.3, 0.4) is 0 Å². The van der Waals surface area contributed by atoms with Crippen LogP contribution >= 0.6 is 0 Å². The van der Waals surface area contributed by atoms with E-state index in [1.807, 2.05) is 49.7 Å². The van der Waals surface area contributed by atoms with Crippen LogP contribution in [0, 0.1) is 0 Å². The van der Waals surface area contributed by atoms with Crippen LogP contribution in [-0.2, 0) is 19.5 Å². The monoisotopic (exact) mass is 438 g/mol. The number of benzene rings is 2. The number of para-hydroxylation sites is 3. The maximum atomic E-state index is 4.87. The van der Waals surface area contributed by atoms with Crippen molar-refractivity contribution >= 4 is 23.1 Å². The Morgan fingerprint density at radius 2 is 1.88 bits per heavy atom. The fourth-order valence-corrected chi connectivity index (χ4v) is 4.66. The molecule has 2 aromatic carbocycles. The fourth-order valence-electron chi connectivity index (χ4n) is 4.66. The lowest BCUT2D eigenvalue weighted by Crippen LogP contribution is -2.31. The summed E-state index contributed by atoms with van der Waals surface area (Å²) in [6.45, 7) is 1.50. The molecule has 4 aromatic rings. The highest BCUT2D eigenvalue weighted by Gasteiger charge is 2.28. The Hall–Kier alpha value is -3.51. The van der Waals surface area contributed by atoms with Gasteiger partial charge in [-0.05, 0) is 54.7 Å². The molecule has 6 nitrogen and oxygen atoms in total. The van der Waals surface area contributed by atoms with Crippen LogP contribution in [0.15, 0.2) is 71.9 Å². The standard InChI is InChI=1S/C27H30N6/c1-32(2)19-29-22-12-4-3-9-21(22)17-33(18-26-30-23-13-5-6-14-24(23)31-26)25-15-7-10-20-11-8-16-28-27(20)25/h3-6,8-9,11-14,16,19,25H,7,10,15,17-18H2,1-2H3,(H,30,31)/b29-19-. The molecule has 0 bridgehead atoms. The normalized spacial score (nSPS) is 15.9. The van der Waals surface area contributed by atoms with Gasteiger partial charge in [0.2, 0.25) is 0 Å². The van der Waals surface area contributed by atoms with Gasteiger partial charge in [0.05, 0.1) is 41.3 Å². The Bertz CT molecular complexity index is 1230. The van der Waals surface area contributed by atoms with E-state index in [9.17, 15) is 0 Å². The second-order valence-corrected chi connectivity index (χ2v) is 8.90. The van der Waals surface area contributed by atoms with Crippen LogP contribution in [0.1, 0.15) is 41.5 Å². The Balaban J connectivity index is 1.51. The van der Waals surface area contributed by atoms with Gasteiger partial charge in [-0.1, -0.05) is 36.4 Å². The second kappa shape index (κ2) is 9.55. The molecule has 33 heavy (non-hydrogen) atoms. The van der Waals surface area contributed by atoms with E-state index in [0.717, 1.165) is 48.5 Å². The first-order valence-corrected chi connectivity index (χ1v) is 11.6. The molecule has 1 N–H and O–H groups in total. The molecule has 168 valence electrons. The van der Waals surface area contributed by atoms with Gasteiger partial charge in [0.15, 0.2) is 0 Å². The maximum absolute atomic E-state index is 4.87. The number of aliphatic imine (C=N–C) groups is 1. The molecule has 0 spiro atoms. The SMILES string of the molecule is CN(C)/C=N\c1ccccc1CN(Cc1nc2ccccc2[nH]1)C1CCCc2cccnc21. The number of rotatable bonds is 7. The molecule has 5 rings (SSSR count). The van der Waals surface area contributed by atoms with E-state index in [-0.39, 0.29) is 6.04 Å². The lowest BCUT2D eigenvalue weighted by Gasteiger charge is -2.34. The van der Waals surface area contributed by atoms with E-state index < -0.39 is 0 Å². The average molecular weight is 439 g/mol. The van der Waals surface area contributed by atoms with Crippen molar-refractivity contribution in [3.05, 3.63) is 89.5 Å². The number of nitrogens with zero attached hydrogens (tertiary/aromatic N) is 5. The number of aryl methyl sites for hydroxylation is 1. The van der Waals surface area contributed by atoms with Crippen molar-refractivity contribution in [3.63, 3.8) is 0 Å². The molecule has 1 aliphatic carbocycles. The lowest BCUT2D eigenvalue weighted by molar-refractivity contribution is 0.154. The number of hydrogen-bond acceptors (Lipinski definition) is 4. The summed E-state index contributed by atoms with van der Waals surface area (Å²) in [5, 5.41) is 0. The topological polar surface area (TPSA) is 60.4 Å². The van der Waals surface area contributed by atoms with E-state index in [2.05, 4.69) is 52.3 Å². The lowest BCUT2D eigenvalue weighted by atomic mass is 9.90. The summed E-state index contributed by atoms with van der Waals surface area (Å²) < 4.78 is 0. The van der Waals surface area contributed by atoms with Gasteiger partial charge in [0.25, 0.3) is 0 Å². The minimum atomic E-state index is 0.244. The zero-order valence-electron chi connectivity index (χ0n) is 19.3. The Kier molecular flexibility index (Phi) is 6.17. The maximum Gasteiger partial charge on any atom is 0.121 e. The Morgan fingerprint density at radius 1 is 1.03 bits per heavy atom. The molecule has 2 aromatic heterocycles. The molecule has 0 aliphatic heterocycles. The third-order valence-electron chi connectivity index (χ3n) is 6.19. The molecule has 0 saturated heterocycles. The van der Waals surface area contributed by atoms with Gasteiger partial charge >= 0.3 is 0 Å². The summed E-state index contributed by atoms with van der Waals surface area (Å²) in [7, 11) is 3.98. The molecule has 1 aliphatic rings. The first-order valence-electron chi connectivity index (χ1n) is 11.6. The number of aromatic nitrogens is 3. The summed E-state index contributed by atoms with van der Waals surface area (Å²) in [5.74, 6) is 0.980. The highest BCUT2D eigenvalue weighted by atomic mass is 15.2. The van der Waals surface area contributed by atoms with Crippen molar-refractivity contribution in [2.45, 2.75) is 38.4 Å². The molecule has 0 radical (unpaired) electrons. The van der Waals surface area contributed by atoms with Gasteiger partial charge in [-0.3, -0.25) is 9.88 Å². The molecular weight excluding hydrogens is 408 g/mol. The number of pyridine rings is 1. The van der Waals surface area contributed by atoms with Gasteiger partial charge < -0.3 is 9.88 Å². The number of nitrogens with one attached hydrogen (secondary N) is 1. The minimum Gasteiger partial charge on any atom is -0.369 e. The van der Waals surface area contributed by atoms with Crippen molar-refractivity contribution in [2.24, 2.45) is 4.99 Å². The Morgan fingerprint density at radius 3 is 2.76 bits per heavy atom. The van der Waals surface area contributed by atoms with E-state index >= 15 is 0 Å². The van der Waals surface area contributed by atoms with Gasteiger partial charge in [-0.15, -0.1) is 0 Å². The smallest absolute Gasteiger partial charge is 0.121 e. The van der Waals surface area contributed by atoms with Crippen molar-refractivity contribution in [3.8, 4) is 0 Å². The fraction of sp³-hybridized carbons (Fsp3) is 0.296. The Labute approximate surface area is 195 Å². The van der Waals surface area contributed by atoms with E-state index in [0.29, 0.717) is 0 Å². The van der Waals surface area contributed by atoms with Crippen LogP contribution in [0.4, 0.5) is 5.69 Å². The largest absolute Gasteiger partial charge is 0.369 e. The predicted octanol–water partition coefficient (Wildman–Crippen LogP) is 5.26. The van der Waals surface area contributed by atoms with Gasteiger partial charge in [0.1, 0.15) is 5.82 Å². The summed E-state index contributed by atoms with van der Waals surface area (Å²) in [4.78, 5) is 22.4. The molecule has 6 heteroatoms. The predicted molar refractivity (Wildman–Crippen MR) is 134 cm³/mol. The van der Waals surface area contributed by atoms with Crippen LogP contribution in [-0.4, -0.2) is 45.2 Å². The van der Waals surface area contributed by atoms with Gasteiger partial charge in [-0.25, -0.2) is 9.98 Å². The van der Waals surface area contributed by atoms with Crippen molar-refractivity contribution in [2.75, 3.05) is 14.1 Å². The van der Waals surface area contributed by atoms with Crippen LogP contribution in [0.25, 0.3) is 11.0 Å². The summed E-state index contributed by atoms with van der Waals surface area (Å²) in [6.07, 6.45) is 7.14. The van der Waals surface area contributed by atoms with Crippen LogP contribution < -0.4 is 0 Å². The first-order chi connectivity index (χ1) is 16.2. The van der Waals surface area contributed by atoms with Crippen LogP contribution in [0.2, 0.25) is 0 Å². The highest BCUT2D eigenvalue weighted by molar-refractivity contribution is 5.74. The minimum absolute atomic E-state index is 0.244. The molecule has 1 atom stereocenters. The third-order valence-corrected chi connectivity index (χ3v) is 6.19. The number of fused-ring (bicyclic) bond motifs is 2. The van der Waals surface area contributed by atoms with Crippen LogP contribution in [0.5, 0.6) is 0 Å². The van der Waals surface area contributed by atoms with Crippen molar-refractivity contribution in [1.29, 1.82) is 0 Å². The molecule has 1 unspecified atom stereocenters. The highest BCUT2D eigenvalue weighted by Crippen LogP contribution is 2.35. The zero-order chi connectivity index (χ0) is 22.6. The first kappa shape index (κ1) is 21.3.